The SMILES string of the molecule is CSC(=O)C(C)C(=O)c1ccc(CC(N)C(=O)O)cc1. The Hall–Kier alpha value is -1.66. The van der Waals surface area contributed by atoms with Gasteiger partial charge >= 0.3 is 5.97 Å². The Morgan fingerprint density at radius 2 is 1.80 bits per heavy atom. The van der Waals surface area contributed by atoms with Crippen LogP contribution in [0.4, 0.5) is 0 Å². The lowest BCUT2D eigenvalue weighted by Gasteiger charge is -2.09. The molecular weight excluding hydrogens is 278 g/mol. The van der Waals surface area contributed by atoms with Crippen LogP contribution >= 0.6 is 11.8 Å². The van der Waals surface area contributed by atoms with Gasteiger partial charge in [0.05, 0.1) is 5.92 Å². The van der Waals surface area contributed by atoms with E-state index in [0.717, 1.165) is 17.3 Å². The maximum Gasteiger partial charge on any atom is 0.320 e. The minimum atomic E-state index is -1.07. The summed E-state index contributed by atoms with van der Waals surface area (Å²) in [4.78, 5) is 34.2. The van der Waals surface area contributed by atoms with Gasteiger partial charge in [-0.15, -0.1) is 0 Å². The zero-order valence-electron chi connectivity index (χ0n) is 11.3. The standard InChI is InChI=1S/C14H17NO4S/c1-8(14(19)20-2)12(16)10-5-3-9(4-6-10)7-11(15)13(17)18/h3-6,8,11H,7,15H2,1-2H3,(H,17,18). The molecule has 1 rings (SSSR count). The number of carboxylic acids is 1. The topological polar surface area (TPSA) is 97.5 Å². The Balaban J connectivity index is 2.78. The molecular formula is C14H17NO4S. The summed E-state index contributed by atoms with van der Waals surface area (Å²) in [5, 5.41) is 8.55. The third-order valence-electron chi connectivity index (χ3n) is 2.96. The number of hydrogen-bond acceptors (Lipinski definition) is 5. The Labute approximate surface area is 121 Å². The minimum absolute atomic E-state index is 0.174. The van der Waals surface area contributed by atoms with E-state index < -0.39 is 17.9 Å². The molecule has 5 nitrogen and oxygen atoms in total. The van der Waals surface area contributed by atoms with Gasteiger partial charge in [-0.05, 0) is 25.2 Å². The van der Waals surface area contributed by atoms with Crippen molar-refractivity contribution in [2.75, 3.05) is 6.26 Å². The summed E-state index contributed by atoms with van der Waals surface area (Å²) in [5.41, 5.74) is 6.61. The van der Waals surface area contributed by atoms with Crippen molar-refractivity contribution in [3.05, 3.63) is 35.4 Å². The summed E-state index contributed by atoms with van der Waals surface area (Å²) in [7, 11) is 0. The molecule has 3 N–H and O–H groups in total. The first-order valence-electron chi connectivity index (χ1n) is 6.06. The van der Waals surface area contributed by atoms with E-state index in [9.17, 15) is 14.4 Å². The van der Waals surface area contributed by atoms with Crippen LogP contribution in [0, 0.1) is 5.92 Å². The van der Waals surface area contributed by atoms with Crippen LogP contribution in [0.2, 0.25) is 0 Å². The number of ketones is 1. The molecule has 0 spiro atoms. The van der Waals surface area contributed by atoms with Crippen molar-refractivity contribution in [1.29, 1.82) is 0 Å². The normalized spacial score (nSPS) is 13.6. The highest BCUT2D eigenvalue weighted by Crippen LogP contribution is 2.15. The lowest BCUT2D eigenvalue weighted by atomic mass is 9.98. The fraction of sp³-hybridized carbons (Fsp3) is 0.357. The van der Waals surface area contributed by atoms with Crippen molar-refractivity contribution >= 4 is 28.6 Å². The second-order valence-electron chi connectivity index (χ2n) is 4.45. The average Bonchev–Trinajstić information content (AvgIpc) is 2.45. The van der Waals surface area contributed by atoms with E-state index in [0.29, 0.717) is 5.56 Å². The molecule has 0 fully saturated rings. The molecule has 108 valence electrons. The number of Topliss-reactive ketones (excluding diaryl/α,β-unsaturated/α-hetero) is 1. The molecule has 0 heterocycles. The second kappa shape index (κ2) is 7.21. The van der Waals surface area contributed by atoms with E-state index in [-0.39, 0.29) is 17.3 Å². The van der Waals surface area contributed by atoms with Crippen LogP contribution in [-0.4, -0.2) is 34.3 Å². The number of aliphatic carboxylic acids is 1. The van der Waals surface area contributed by atoms with Crippen LogP contribution in [-0.2, 0) is 16.0 Å². The lowest BCUT2D eigenvalue weighted by molar-refractivity contribution is -0.138. The molecule has 2 unspecified atom stereocenters. The van der Waals surface area contributed by atoms with Gasteiger partial charge in [0.25, 0.3) is 0 Å². The molecule has 0 bridgehead atoms. The maximum absolute atomic E-state index is 12.0. The minimum Gasteiger partial charge on any atom is -0.480 e. The first-order valence-corrected chi connectivity index (χ1v) is 7.28. The van der Waals surface area contributed by atoms with Crippen LogP contribution in [0.5, 0.6) is 0 Å². The Morgan fingerprint density at radius 1 is 1.25 bits per heavy atom. The molecule has 1 aromatic rings. The lowest BCUT2D eigenvalue weighted by Crippen LogP contribution is -2.32. The van der Waals surface area contributed by atoms with E-state index in [1.807, 2.05) is 0 Å². The summed E-state index contributed by atoms with van der Waals surface area (Å²) >= 11 is 1.03. The molecule has 0 saturated heterocycles. The average molecular weight is 295 g/mol. The van der Waals surface area contributed by atoms with Gasteiger partial charge in [-0.1, -0.05) is 36.0 Å². The van der Waals surface area contributed by atoms with Gasteiger partial charge in [0.15, 0.2) is 10.9 Å². The molecule has 0 aliphatic heterocycles. The molecule has 1 aromatic carbocycles. The zero-order valence-corrected chi connectivity index (χ0v) is 12.1. The Morgan fingerprint density at radius 3 is 2.25 bits per heavy atom. The highest BCUT2D eigenvalue weighted by atomic mass is 32.2. The van der Waals surface area contributed by atoms with Crippen LogP contribution in [0.1, 0.15) is 22.8 Å². The third-order valence-corrected chi connectivity index (χ3v) is 3.72. The second-order valence-corrected chi connectivity index (χ2v) is 5.27. The summed E-state index contributed by atoms with van der Waals surface area (Å²) in [6, 6.07) is 5.54. The van der Waals surface area contributed by atoms with Gasteiger partial charge < -0.3 is 10.8 Å². The van der Waals surface area contributed by atoms with Crippen molar-refractivity contribution in [2.45, 2.75) is 19.4 Å². The van der Waals surface area contributed by atoms with Crippen LogP contribution in [0.25, 0.3) is 0 Å². The van der Waals surface area contributed by atoms with E-state index >= 15 is 0 Å². The van der Waals surface area contributed by atoms with Gasteiger partial charge in [-0.3, -0.25) is 14.4 Å². The van der Waals surface area contributed by atoms with E-state index in [1.54, 1.807) is 37.4 Å². The first-order chi connectivity index (χ1) is 9.36. The number of hydrogen-bond donors (Lipinski definition) is 2. The first kappa shape index (κ1) is 16.4. The number of thioether (sulfide) groups is 1. The van der Waals surface area contributed by atoms with Crippen molar-refractivity contribution in [1.82, 2.24) is 0 Å². The summed E-state index contributed by atoms with van der Waals surface area (Å²) in [5.74, 6) is -1.99. The number of carboxylic acid groups (broad SMARTS) is 1. The van der Waals surface area contributed by atoms with Gasteiger partial charge in [-0.25, -0.2) is 0 Å². The predicted molar refractivity (Wildman–Crippen MR) is 77.8 cm³/mol. The predicted octanol–water partition coefficient (Wildman–Crippen LogP) is 1.35. The van der Waals surface area contributed by atoms with Gasteiger partial charge in [-0.2, -0.15) is 0 Å². The van der Waals surface area contributed by atoms with Crippen LogP contribution in [0.15, 0.2) is 24.3 Å². The summed E-state index contributed by atoms with van der Waals surface area (Å²) < 4.78 is 0. The fourth-order valence-electron chi connectivity index (χ4n) is 1.68. The maximum atomic E-state index is 12.0. The molecule has 0 amide bonds. The molecule has 6 heteroatoms. The number of carbonyl (C=O) groups excluding carboxylic acids is 2. The van der Waals surface area contributed by atoms with Crippen molar-refractivity contribution < 1.29 is 19.5 Å². The van der Waals surface area contributed by atoms with E-state index in [4.69, 9.17) is 10.8 Å². The van der Waals surface area contributed by atoms with Crippen LogP contribution < -0.4 is 5.73 Å². The quantitative estimate of drug-likeness (QED) is 0.607. The third kappa shape index (κ3) is 4.18. The smallest absolute Gasteiger partial charge is 0.320 e. The molecule has 0 aliphatic carbocycles. The molecule has 0 radical (unpaired) electrons. The van der Waals surface area contributed by atoms with Crippen molar-refractivity contribution in [3.8, 4) is 0 Å². The van der Waals surface area contributed by atoms with Crippen molar-refractivity contribution in [3.63, 3.8) is 0 Å². The monoisotopic (exact) mass is 295 g/mol. The Kier molecular flexibility index (Phi) is 5.91. The molecule has 0 aliphatic rings. The van der Waals surface area contributed by atoms with Crippen molar-refractivity contribution in [2.24, 2.45) is 11.7 Å². The summed E-state index contributed by atoms with van der Waals surface area (Å²) in [6.07, 6.45) is 1.84. The molecule has 0 aromatic heterocycles. The number of carbonyl (C=O) groups is 3. The fourth-order valence-corrected chi connectivity index (χ4v) is 2.14. The van der Waals surface area contributed by atoms with Gasteiger partial charge in [0, 0.05) is 5.56 Å². The van der Waals surface area contributed by atoms with Gasteiger partial charge in [0.2, 0.25) is 0 Å². The summed E-state index contributed by atoms with van der Waals surface area (Å²) in [6.45, 7) is 1.58. The van der Waals surface area contributed by atoms with E-state index in [2.05, 4.69) is 0 Å². The number of rotatable bonds is 6. The molecule has 2 atom stereocenters. The highest BCUT2D eigenvalue weighted by Gasteiger charge is 2.22. The van der Waals surface area contributed by atoms with Crippen LogP contribution in [0.3, 0.4) is 0 Å². The highest BCUT2D eigenvalue weighted by molar-refractivity contribution is 8.13. The Bertz CT molecular complexity index is 512. The number of nitrogens with two attached hydrogens (primary N) is 1. The largest absolute Gasteiger partial charge is 0.480 e. The molecule has 0 saturated carbocycles. The molecule has 20 heavy (non-hydrogen) atoms. The zero-order chi connectivity index (χ0) is 15.3. The number of benzene rings is 1. The van der Waals surface area contributed by atoms with Gasteiger partial charge in [0.1, 0.15) is 6.04 Å². The van der Waals surface area contributed by atoms with E-state index in [1.165, 1.54) is 0 Å².